The Morgan fingerprint density at radius 2 is 2.53 bits per heavy atom. The molecule has 1 aliphatic heterocycles. The van der Waals surface area contributed by atoms with Crippen molar-refractivity contribution in [1.29, 1.82) is 5.26 Å². The van der Waals surface area contributed by atoms with Gasteiger partial charge in [0.1, 0.15) is 11.8 Å². The first-order chi connectivity index (χ1) is 8.31. The third-order valence-corrected chi connectivity index (χ3v) is 2.89. The van der Waals surface area contributed by atoms with Gasteiger partial charge in [0.05, 0.1) is 25.3 Å². The standard InChI is InChI=1S/C12H15N3O2/c13-5-4-11-12(16)14-6-2-7-15(11)9-10-3-1-8-17-10/h1,3,8,11H,2,4,6-7,9H2,(H,14,16). The summed E-state index contributed by atoms with van der Waals surface area (Å²) in [6, 6.07) is 5.41. The van der Waals surface area contributed by atoms with Crippen molar-refractivity contribution in [3.63, 3.8) is 0 Å². The zero-order chi connectivity index (χ0) is 12.1. The largest absolute Gasteiger partial charge is 0.468 e. The fourth-order valence-electron chi connectivity index (χ4n) is 2.03. The second-order valence-electron chi connectivity index (χ2n) is 4.07. The molecule has 2 rings (SSSR count). The van der Waals surface area contributed by atoms with Crippen LogP contribution in [0.1, 0.15) is 18.6 Å². The number of furan rings is 1. The summed E-state index contributed by atoms with van der Waals surface area (Å²) >= 11 is 0. The molecule has 1 aromatic rings. The summed E-state index contributed by atoms with van der Waals surface area (Å²) in [7, 11) is 0. The van der Waals surface area contributed by atoms with E-state index in [0.29, 0.717) is 13.1 Å². The van der Waals surface area contributed by atoms with Crippen molar-refractivity contribution < 1.29 is 9.21 Å². The van der Waals surface area contributed by atoms with Gasteiger partial charge in [-0.3, -0.25) is 9.69 Å². The van der Waals surface area contributed by atoms with Crippen LogP contribution in [-0.4, -0.2) is 29.9 Å². The van der Waals surface area contributed by atoms with Gasteiger partial charge in [-0.2, -0.15) is 5.26 Å². The lowest BCUT2D eigenvalue weighted by atomic mass is 10.1. The smallest absolute Gasteiger partial charge is 0.238 e. The van der Waals surface area contributed by atoms with Gasteiger partial charge in [0.15, 0.2) is 0 Å². The maximum Gasteiger partial charge on any atom is 0.238 e. The Labute approximate surface area is 100 Å². The van der Waals surface area contributed by atoms with Crippen molar-refractivity contribution in [2.75, 3.05) is 13.1 Å². The third-order valence-electron chi connectivity index (χ3n) is 2.89. The molecule has 0 spiro atoms. The maximum atomic E-state index is 11.8. The molecule has 1 unspecified atom stereocenters. The Bertz CT molecular complexity index is 408. The Morgan fingerprint density at radius 3 is 3.24 bits per heavy atom. The van der Waals surface area contributed by atoms with Crippen LogP contribution in [-0.2, 0) is 11.3 Å². The molecule has 0 aliphatic carbocycles. The molecule has 1 amide bonds. The first-order valence-corrected chi connectivity index (χ1v) is 5.72. The second-order valence-corrected chi connectivity index (χ2v) is 4.07. The number of carbonyl (C=O) groups excluding carboxylic acids is 1. The molecule has 1 aliphatic rings. The fraction of sp³-hybridized carbons (Fsp3) is 0.500. The Morgan fingerprint density at radius 1 is 1.65 bits per heavy atom. The van der Waals surface area contributed by atoms with Crippen molar-refractivity contribution in [3.8, 4) is 6.07 Å². The van der Waals surface area contributed by atoms with E-state index in [1.807, 2.05) is 17.0 Å². The van der Waals surface area contributed by atoms with Gasteiger partial charge in [0.25, 0.3) is 0 Å². The monoisotopic (exact) mass is 233 g/mol. The Hall–Kier alpha value is -1.80. The molecule has 1 aromatic heterocycles. The van der Waals surface area contributed by atoms with Gasteiger partial charge in [-0.1, -0.05) is 0 Å². The molecule has 0 bridgehead atoms. The molecule has 90 valence electrons. The quantitative estimate of drug-likeness (QED) is 0.841. The summed E-state index contributed by atoms with van der Waals surface area (Å²) < 4.78 is 5.28. The van der Waals surface area contributed by atoms with Crippen LogP contribution in [0, 0.1) is 11.3 Å². The summed E-state index contributed by atoms with van der Waals surface area (Å²) in [4.78, 5) is 13.8. The van der Waals surface area contributed by atoms with Gasteiger partial charge in [-0.25, -0.2) is 0 Å². The van der Waals surface area contributed by atoms with Gasteiger partial charge in [0, 0.05) is 13.1 Å². The first-order valence-electron chi connectivity index (χ1n) is 5.72. The van der Waals surface area contributed by atoms with Crippen LogP contribution in [0.25, 0.3) is 0 Å². The van der Waals surface area contributed by atoms with E-state index < -0.39 is 0 Å². The van der Waals surface area contributed by atoms with E-state index in [4.69, 9.17) is 9.68 Å². The minimum Gasteiger partial charge on any atom is -0.468 e. The third kappa shape index (κ3) is 2.86. The van der Waals surface area contributed by atoms with Crippen LogP contribution in [0.15, 0.2) is 22.8 Å². The van der Waals surface area contributed by atoms with Crippen LogP contribution in [0.3, 0.4) is 0 Å². The van der Waals surface area contributed by atoms with Crippen molar-refractivity contribution in [2.24, 2.45) is 0 Å². The van der Waals surface area contributed by atoms with E-state index in [9.17, 15) is 4.79 Å². The van der Waals surface area contributed by atoms with Gasteiger partial charge in [-0.15, -0.1) is 0 Å². The van der Waals surface area contributed by atoms with Gasteiger partial charge in [-0.05, 0) is 18.6 Å². The minimum absolute atomic E-state index is 0.0596. The molecule has 2 heterocycles. The number of nitrogens with zero attached hydrogens (tertiary/aromatic N) is 2. The van der Waals surface area contributed by atoms with E-state index in [0.717, 1.165) is 18.7 Å². The molecule has 0 saturated carbocycles. The molecule has 1 fully saturated rings. The molecule has 5 nitrogen and oxygen atoms in total. The van der Waals surface area contributed by atoms with Gasteiger partial charge >= 0.3 is 0 Å². The van der Waals surface area contributed by atoms with Crippen LogP contribution in [0.2, 0.25) is 0 Å². The first kappa shape index (κ1) is 11.7. The number of nitriles is 1. The lowest BCUT2D eigenvalue weighted by Gasteiger charge is -2.25. The highest BCUT2D eigenvalue weighted by Gasteiger charge is 2.28. The average Bonchev–Trinajstić information content (AvgIpc) is 2.76. The van der Waals surface area contributed by atoms with Crippen molar-refractivity contribution in [3.05, 3.63) is 24.2 Å². The Kier molecular flexibility index (Phi) is 3.78. The Balaban J connectivity index is 2.10. The topological polar surface area (TPSA) is 69.3 Å². The van der Waals surface area contributed by atoms with Gasteiger partial charge in [0.2, 0.25) is 5.91 Å². The fourth-order valence-corrected chi connectivity index (χ4v) is 2.03. The zero-order valence-electron chi connectivity index (χ0n) is 9.56. The summed E-state index contributed by atoms with van der Waals surface area (Å²) in [5, 5.41) is 11.6. The van der Waals surface area contributed by atoms with Crippen LogP contribution >= 0.6 is 0 Å². The molecule has 1 saturated heterocycles. The molecular formula is C12H15N3O2. The summed E-state index contributed by atoms with van der Waals surface area (Å²) in [5.41, 5.74) is 0. The lowest BCUT2D eigenvalue weighted by Crippen LogP contribution is -2.43. The van der Waals surface area contributed by atoms with Crippen molar-refractivity contribution >= 4 is 5.91 Å². The summed E-state index contributed by atoms with van der Waals surface area (Å²) in [6.07, 6.45) is 2.73. The molecule has 0 radical (unpaired) electrons. The number of hydrogen-bond donors (Lipinski definition) is 1. The van der Waals surface area contributed by atoms with Crippen LogP contribution < -0.4 is 5.32 Å². The average molecular weight is 233 g/mol. The minimum atomic E-state index is -0.368. The van der Waals surface area contributed by atoms with Crippen molar-refractivity contribution in [1.82, 2.24) is 10.2 Å². The maximum absolute atomic E-state index is 11.8. The number of hydrogen-bond acceptors (Lipinski definition) is 4. The predicted molar refractivity (Wildman–Crippen MR) is 60.8 cm³/mol. The molecular weight excluding hydrogens is 218 g/mol. The number of rotatable bonds is 3. The number of amides is 1. The highest BCUT2D eigenvalue weighted by atomic mass is 16.3. The SMILES string of the molecule is N#CCC1C(=O)NCCCN1Cc1ccco1. The van der Waals surface area contributed by atoms with Crippen LogP contribution in [0.4, 0.5) is 0 Å². The predicted octanol–water partition coefficient (Wildman–Crippen LogP) is 0.884. The summed E-state index contributed by atoms with van der Waals surface area (Å²) in [6.45, 7) is 2.05. The highest BCUT2D eigenvalue weighted by Crippen LogP contribution is 2.14. The van der Waals surface area contributed by atoms with E-state index in [2.05, 4.69) is 11.4 Å². The van der Waals surface area contributed by atoms with E-state index in [1.54, 1.807) is 6.26 Å². The molecule has 0 aromatic carbocycles. The molecule has 17 heavy (non-hydrogen) atoms. The molecule has 1 N–H and O–H groups in total. The molecule has 5 heteroatoms. The summed E-state index contributed by atoms with van der Waals surface area (Å²) in [5.74, 6) is 0.762. The second kappa shape index (κ2) is 5.51. The number of carbonyl (C=O) groups is 1. The molecule has 1 atom stereocenters. The number of nitrogens with one attached hydrogen (secondary N) is 1. The van der Waals surface area contributed by atoms with E-state index in [-0.39, 0.29) is 18.4 Å². The zero-order valence-corrected chi connectivity index (χ0v) is 9.56. The van der Waals surface area contributed by atoms with Gasteiger partial charge < -0.3 is 9.73 Å². The normalized spacial score (nSPS) is 21.6. The van der Waals surface area contributed by atoms with E-state index >= 15 is 0 Å². The van der Waals surface area contributed by atoms with Crippen molar-refractivity contribution in [2.45, 2.75) is 25.4 Å². The van der Waals surface area contributed by atoms with E-state index in [1.165, 1.54) is 0 Å². The lowest BCUT2D eigenvalue weighted by molar-refractivity contribution is -0.125. The highest BCUT2D eigenvalue weighted by molar-refractivity contribution is 5.82. The van der Waals surface area contributed by atoms with Crippen LogP contribution in [0.5, 0.6) is 0 Å².